The predicted molar refractivity (Wildman–Crippen MR) is 243 cm³/mol. The van der Waals surface area contributed by atoms with Crippen molar-refractivity contribution in [2.75, 3.05) is 23.8 Å². The second-order valence-corrected chi connectivity index (χ2v) is 15.8. The van der Waals surface area contributed by atoms with Crippen molar-refractivity contribution in [1.29, 1.82) is 0 Å². The summed E-state index contributed by atoms with van der Waals surface area (Å²) in [7, 11) is 0. The van der Waals surface area contributed by atoms with Gasteiger partial charge in [0.15, 0.2) is 0 Å². The molecule has 0 bridgehead atoms. The van der Waals surface area contributed by atoms with Gasteiger partial charge in [-0.05, 0) is 54.2 Å². The molecule has 7 aromatic rings. The molecule has 0 saturated heterocycles. The molecule has 0 aliphatic heterocycles. The van der Waals surface area contributed by atoms with E-state index in [4.69, 9.17) is 14.6 Å². The zero-order valence-corrected chi connectivity index (χ0v) is 35.2. The first-order valence-electron chi connectivity index (χ1n) is 20.7. The van der Waals surface area contributed by atoms with Gasteiger partial charge in [-0.1, -0.05) is 182 Å². The standard InChI is InChI=1S/C52H51N5O5/c1-50(2,3)62-49(60)53-35-34-46(58)48(59)55-45-38-54-57(36-37-61-52(42-28-16-7-17-29-42,43-30-18-8-19-31-43)44-32-20-9-21-33-44)47(45)56-51(39-22-10-4-11-23-39,40-24-12-5-13-25-40)41-26-14-6-15-27-41/h4-33,38,56H,34-37H2,1-3H3,(H,53,60)(H,55,59). The highest BCUT2D eigenvalue weighted by atomic mass is 16.6. The molecule has 3 N–H and O–H groups in total. The summed E-state index contributed by atoms with van der Waals surface area (Å²) in [6.45, 7) is 5.60. The molecular weight excluding hydrogens is 775 g/mol. The molecule has 0 unspecified atom stereocenters. The number of nitrogens with one attached hydrogen (secondary N) is 3. The van der Waals surface area contributed by atoms with Crippen molar-refractivity contribution < 1.29 is 23.9 Å². The van der Waals surface area contributed by atoms with Gasteiger partial charge in [-0.15, -0.1) is 0 Å². The van der Waals surface area contributed by atoms with E-state index >= 15 is 0 Å². The number of benzene rings is 6. The Balaban J connectivity index is 1.28. The first-order valence-corrected chi connectivity index (χ1v) is 20.7. The van der Waals surface area contributed by atoms with Crippen molar-refractivity contribution in [2.45, 2.75) is 50.5 Å². The number of Topliss-reactive ketones (excluding diaryl/α,β-unsaturated/α-hetero) is 1. The van der Waals surface area contributed by atoms with E-state index in [1.807, 2.05) is 109 Å². The molecule has 7 rings (SSSR count). The number of carbonyl (C=O) groups is 3. The van der Waals surface area contributed by atoms with Crippen LogP contribution in [0.1, 0.15) is 60.6 Å². The van der Waals surface area contributed by atoms with Crippen LogP contribution in [0, 0.1) is 0 Å². The molecular formula is C52H51N5O5. The van der Waals surface area contributed by atoms with Crippen molar-refractivity contribution in [2.24, 2.45) is 0 Å². The smallest absolute Gasteiger partial charge is 0.407 e. The molecule has 0 aliphatic carbocycles. The van der Waals surface area contributed by atoms with Gasteiger partial charge in [0.25, 0.3) is 5.91 Å². The minimum Gasteiger partial charge on any atom is -0.444 e. The van der Waals surface area contributed by atoms with Gasteiger partial charge in [-0.25, -0.2) is 9.48 Å². The normalized spacial score (nSPS) is 11.7. The van der Waals surface area contributed by atoms with E-state index in [0.29, 0.717) is 5.82 Å². The lowest BCUT2D eigenvalue weighted by molar-refractivity contribution is -0.134. The molecule has 10 nitrogen and oxygen atoms in total. The predicted octanol–water partition coefficient (Wildman–Crippen LogP) is 9.72. The van der Waals surface area contributed by atoms with Crippen LogP contribution in [0.2, 0.25) is 0 Å². The number of amides is 2. The van der Waals surface area contributed by atoms with Gasteiger partial charge >= 0.3 is 6.09 Å². The third-order valence-corrected chi connectivity index (χ3v) is 10.5. The van der Waals surface area contributed by atoms with E-state index in [9.17, 15) is 14.4 Å². The van der Waals surface area contributed by atoms with Crippen LogP contribution in [-0.2, 0) is 36.7 Å². The first-order chi connectivity index (χ1) is 30.1. The van der Waals surface area contributed by atoms with Gasteiger partial charge in [0.2, 0.25) is 5.78 Å². The summed E-state index contributed by atoms with van der Waals surface area (Å²) in [5.41, 5.74) is 3.25. The maximum Gasteiger partial charge on any atom is 0.407 e. The monoisotopic (exact) mass is 825 g/mol. The number of hydrogen-bond acceptors (Lipinski definition) is 7. The van der Waals surface area contributed by atoms with Crippen LogP contribution in [0.4, 0.5) is 16.3 Å². The Morgan fingerprint density at radius 1 is 0.581 bits per heavy atom. The maximum absolute atomic E-state index is 13.7. The minimum atomic E-state index is -1.01. The van der Waals surface area contributed by atoms with Crippen molar-refractivity contribution in [1.82, 2.24) is 15.1 Å². The molecule has 0 radical (unpaired) electrons. The number of carbonyl (C=O) groups excluding carboxylic acids is 3. The Morgan fingerprint density at radius 3 is 1.39 bits per heavy atom. The van der Waals surface area contributed by atoms with E-state index in [1.54, 1.807) is 25.5 Å². The highest BCUT2D eigenvalue weighted by Gasteiger charge is 2.40. The van der Waals surface area contributed by atoms with Gasteiger partial charge in [0, 0.05) is 13.0 Å². The summed E-state index contributed by atoms with van der Waals surface area (Å²) in [6.07, 6.45) is 0.630. The number of ether oxygens (including phenoxy) is 2. The second-order valence-electron chi connectivity index (χ2n) is 15.8. The van der Waals surface area contributed by atoms with E-state index in [-0.39, 0.29) is 31.8 Å². The van der Waals surface area contributed by atoms with E-state index in [1.165, 1.54) is 6.20 Å². The minimum absolute atomic E-state index is 0.0754. The van der Waals surface area contributed by atoms with E-state index in [0.717, 1.165) is 33.4 Å². The van der Waals surface area contributed by atoms with Crippen molar-refractivity contribution >= 4 is 29.3 Å². The van der Waals surface area contributed by atoms with Crippen LogP contribution in [0.15, 0.2) is 188 Å². The number of anilines is 2. The number of nitrogens with zero attached hydrogens (tertiary/aromatic N) is 2. The fourth-order valence-corrected chi connectivity index (χ4v) is 7.69. The summed E-state index contributed by atoms with van der Waals surface area (Å²) in [4.78, 5) is 39.2. The molecule has 2 amide bonds. The average molecular weight is 826 g/mol. The second kappa shape index (κ2) is 19.4. The molecule has 0 saturated carbocycles. The quantitative estimate of drug-likeness (QED) is 0.0617. The third kappa shape index (κ3) is 9.67. The lowest BCUT2D eigenvalue weighted by Crippen LogP contribution is -2.39. The summed E-state index contributed by atoms with van der Waals surface area (Å²) >= 11 is 0. The average Bonchev–Trinajstić information content (AvgIpc) is 3.67. The zero-order valence-electron chi connectivity index (χ0n) is 35.2. The van der Waals surface area contributed by atoms with Crippen LogP contribution < -0.4 is 16.0 Å². The fourth-order valence-electron chi connectivity index (χ4n) is 7.69. The Morgan fingerprint density at radius 2 is 0.984 bits per heavy atom. The molecule has 0 atom stereocenters. The van der Waals surface area contributed by atoms with Crippen LogP contribution in [0.3, 0.4) is 0 Å². The number of alkyl carbamates (subject to hydrolysis) is 1. The highest BCUT2D eigenvalue weighted by Crippen LogP contribution is 2.43. The molecule has 1 aromatic heterocycles. The fraction of sp³-hybridized carbons (Fsp3) is 0.192. The van der Waals surface area contributed by atoms with Gasteiger partial charge < -0.3 is 25.4 Å². The Kier molecular flexibility index (Phi) is 13.4. The Hall–Kier alpha value is -7.30. The largest absolute Gasteiger partial charge is 0.444 e. The molecule has 0 spiro atoms. The Bertz CT molecular complexity index is 2330. The van der Waals surface area contributed by atoms with E-state index < -0.39 is 34.5 Å². The molecule has 62 heavy (non-hydrogen) atoms. The van der Waals surface area contributed by atoms with Gasteiger partial charge in [-0.3, -0.25) is 9.59 Å². The Labute approximate surface area is 362 Å². The molecule has 314 valence electrons. The third-order valence-electron chi connectivity index (χ3n) is 10.5. The van der Waals surface area contributed by atoms with Crippen LogP contribution >= 0.6 is 0 Å². The van der Waals surface area contributed by atoms with Gasteiger partial charge in [-0.2, -0.15) is 5.10 Å². The lowest BCUT2D eigenvalue weighted by Gasteiger charge is -2.38. The van der Waals surface area contributed by atoms with Crippen molar-refractivity contribution in [3.05, 3.63) is 222 Å². The lowest BCUT2D eigenvalue weighted by atomic mass is 9.77. The van der Waals surface area contributed by atoms with Gasteiger partial charge in [0.1, 0.15) is 28.2 Å². The first kappa shape index (κ1) is 42.8. The summed E-state index contributed by atoms with van der Waals surface area (Å²) in [5, 5.41) is 14.1. The van der Waals surface area contributed by atoms with Gasteiger partial charge in [0.05, 0.1) is 19.3 Å². The molecule has 0 aliphatic rings. The summed E-state index contributed by atoms with van der Waals surface area (Å²) < 4.78 is 14.2. The number of hydrogen-bond donors (Lipinski definition) is 3. The molecule has 0 fully saturated rings. The maximum atomic E-state index is 13.7. The van der Waals surface area contributed by atoms with Crippen molar-refractivity contribution in [3.8, 4) is 0 Å². The van der Waals surface area contributed by atoms with E-state index in [2.05, 4.69) is 88.7 Å². The van der Waals surface area contributed by atoms with Crippen LogP contribution in [0.25, 0.3) is 0 Å². The highest BCUT2D eigenvalue weighted by molar-refractivity contribution is 6.40. The van der Waals surface area contributed by atoms with Crippen molar-refractivity contribution in [3.63, 3.8) is 0 Å². The summed E-state index contributed by atoms with van der Waals surface area (Å²) in [6, 6.07) is 60.7. The zero-order chi connectivity index (χ0) is 43.4. The number of rotatable bonds is 17. The topological polar surface area (TPSA) is 124 Å². The molecule has 6 aromatic carbocycles. The number of aromatic nitrogens is 2. The summed E-state index contributed by atoms with van der Waals surface area (Å²) in [5.74, 6) is -1.12. The molecule has 10 heteroatoms. The van der Waals surface area contributed by atoms with Crippen LogP contribution in [-0.4, -0.2) is 46.3 Å². The molecule has 1 heterocycles. The van der Waals surface area contributed by atoms with Crippen LogP contribution in [0.5, 0.6) is 0 Å². The number of ketones is 1. The SMILES string of the molecule is CC(C)(C)OC(=O)NCCC(=O)C(=O)Nc1cnn(CCOC(c2ccccc2)(c2ccccc2)c2ccccc2)c1NC(c1ccccc1)(c1ccccc1)c1ccccc1.